The highest BCUT2D eigenvalue weighted by atomic mass is 35.5. The van der Waals surface area contributed by atoms with Crippen molar-refractivity contribution in [2.45, 2.75) is 58.3 Å². The van der Waals surface area contributed by atoms with Gasteiger partial charge in [0.15, 0.2) is 0 Å². The Morgan fingerprint density at radius 1 is 1.05 bits per heavy atom. The second kappa shape index (κ2) is 13.2. The molecule has 2 heterocycles. The van der Waals surface area contributed by atoms with Crippen LogP contribution < -0.4 is 20.7 Å². The molecule has 2 aromatic carbocycles. The van der Waals surface area contributed by atoms with E-state index in [2.05, 4.69) is 26.3 Å². The number of nitrogens with one attached hydrogen (secondary N) is 3. The molecule has 1 aromatic heterocycles. The van der Waals surface area contributed by atoms with Crippen LogP contribution in [-0.2, 0) is 29.1 Å². The summed E-state index contributed by atoms with van der Waals surface area (Å²) in [5.41, 5.74) is 1.75. The third kappa shape index (κ3) is 8.03. The molecule has 0 saturated heterocycles. The zero-order valence-electron chi connectivity index (χ0n) is 22.0. The number of halogens is 1. The molecule has 0 fully saturated rings. The number of benzene rings is 2. The molecule has 0 radical (unpaired) electrons. The summed E-state index contributed by atoms with van der Waals surface area (Å²) in [6, 6.07) is 12.5. The van der Waals surface area contributed by atoms with Crippen molar-refractivity contribution in [1.82, 2.24) is 30.9 Å². The lowest BCUT2D eigenvalue weighted by molar-refractivity contribution is -0.130. The van der Waals surface area contributed by atoms with Crippen LogP contribution >= 0.6 is 11.6 Å². The van der Waals surface area contributed by atoms with Crippen LogP contribution in [0.3, 0.4) is 0 Å². The van der Waals surface area contributed by atoms with Crippen molar-refractivity contribution in [3.8, 4) is 5.75 Å². The minimum Gasteiger partial charge on any atom is -0.493 e. The van der Waals surface area contributed by atoms with Gasteiger partial charge in [-0.3, -0.25) is 19.1 Å². The van der Waals surface area contributed by atoms with Gasteiger partial charge in [0.25, 0.3) is 5.91 Å². The molecule has 39 heavy (non-hydrogen) atoms. The topological polar surface area (TPSA) is 127 Å². The number of aromatic nitrogens is 3. The zero-order valence-corrected chi connectivity index (χ0v) is 22.8. The van der Waals surface area contributed by atoms with Crippen LogP contribution in [0.2, 0.25) is 5.02 Å². The average molecular weight is 553 g/mol. The number of carbonyl (C=O) groups excluding carboxylic acids is 3. The van der Waals surface area contributed by atoms with Gasteiger partial charge < -0.3 is 20.7 Å². The number of nitrogens with zero attached hydrogens (tertiary/aromatic N) is 3. The fraction of sp³-hybridized carbons (Fsp3) is 0.393. The second-order valence-electron chi connectivity index (χ2n) is 9.94. The van der Waals surface area contributed by atoms with Crippen molar-refractivity contribution in [2.75, 3.05) is 6.61 Å². The van der Waals surface area contributed by atoms with Crippen LogP contribution in [0, 0.1) is 5.92 Å². The van der Waals surface area contributed by atoms with Crippen LogP contribution in [-0.4, -0.2) is 51.4 Å². The van der Waals surface area contributed by atoms with Gasteiger partial charge in [-0.05, 0) is 36.1 Å². The highest BCUT2D eigenvalue weighted by Gasteiger charge is 2.29. The molecule has 3 aromatic rings. The van der Waals surface area contributed by atoms with E-state index < -0.39 is 23.9 Å². The predicted molar refractivity (Wildman–Crippen MR) is 146 cm³/mol. The van der Waals surface area contributed by atoms with Gasteiger partial charge in [0, 0.05) is 24.4 Å². The van der Waals surface area contributed by atoms with E-state index in [1.807, 2.05) is 44.2 Å². The number of rotatable bonds is 4. The normalized spacial score (nSPS) is 19.1. The summed E-state index contributed by atoms with van der Waals surface area (Å²) in [7, 11) is 0. The maximum absolute atomic E-state index is 13.5. The molecule has 3 N–H and O–H groups in total. The molecule has 0 unspecified atom stereocenters. The molecule has 3 amide bonds. The lowest BCUT2D eigenvalue weighted by Gasteiger charge is -2.24. The summed E-state index contributed by atoms with van der Waals surface area (Å²) in [5.74, 6) is -0.842. The first-order chi connectivity index (χ1) is 18.8. The van der Waals surface area contributed by atoms with Crippen molar-refractivity contribution < 1.29 is 19.1 Å². The third-order valence-electron chi connectivity index (χ3n) is 6.25. The Bertz CT molecular complexity index is 1300. The number of fused-ring (bicyclic) bond motifs is 3. The molecular formula is C28H33ClN6O4. The maximum Gasteiger partial charge on any atom is 0.255 e. The van der Waals surface area contributed by atoms with Gasteiger partial charge in [0.2, 0.25) is 11.8 Å². The van der Waals surface area contributed by atoms with Crippen molar-refractivity contribution >= 4 is 29.3 Å². The Hall–Kier alpha value is -3.92. The lowest BCUT2D eigenvalue weighted by Crippen LogP contribution is -2.54. The van der Waals surface area contributed by atoms with Gasteiger partial charge in [-0.15, -0.1) is 5.10 Å². The Labute approximate surface area is 232 Å². The molecule has 1 aliphatic rings. The number of aryl methyl sites for hydroxylation is 1. The fourth-order valence-corrected chi connectivity index (χ4v) is 4.47. The largest absolute Gasteiger partial charge is 0.493 e. The summed E-state index contributed by atoms with van der Waals surface area (Å²) in [5, 5.41) is 17.3. The highest BCUT2D eigenvalue weighted by molar-refractivity contribution is 6.30. The Kier molecular flexibility index (Phi) is 9.54. The van der Waals surface area contributed by atoms with Gasteiger partial charge in [0.05, 0.1) is 24.9 Å². The molecule has 2 atom stereocenters. The van der Waals surface area contributed by atoms with E-state index in [-0.39, 0.29) is 30.4 Å². The minimum absolute atomic E-state index is 0.101. The number of amides is 3. The standard InChI is InChI=1S/C28H33ClN6O4/c1-18(2)13-23-28(38)32-24(14-19-7-4-3-5-8-19)27(37)30-16-21-17-35(34-33-21)11-6-12-39-25-15-20(29)9-10-22(25)26(36)31-23/h3-5,7-10,15,17-18,23-24H,6,11-14,16H2,1-2H3,(H,30,37)(H,31,36)(H,32,38)/t23-,24-/m1/s1. The van der Waals surface area contributed by atoms with Crippen LogP contribution in [0.5, 0.6) is 5.75 Å². The third-order valence-corrected chi connectivity index (χ3v) is 6.49. The quantitative estimate of drug-likeness (QED) is 0.457. The first kappa shape index (κ1) is 28.1. The van der Waals surface area contributed by atoms with Crippen LogP contribution in [0.1, 0.15) is 48.3 Å². The van der Waals surface area contributed by atoms with Crippen LogP contribution in [0.25, 0.3) is 0 Å². The van der Waals surface area contributed by atoms with Gasteiger partial charge in [-0.1, -0.05) is 61.0 Å². The monoisotopic (exact) mass is 552 g/mol. The van der Waals surface area contributed by atoms with E-state index in [1.165, 1.54) is 0 Å². The second-order valence-corrected chi connectivity index (χ2v) is 10.4. The molecule has 11 heteroatoms. The molecule has 2 bridgehead atoms. The molecule has 10 nitrogen and oxygen atoms in total. The molecular weight excluding hydrogens is 520 g/mol. The molecule has 1 aliphatic heterocycles. The average Bonchev–Trinajstić information content (AvgIpc) is 3.36. The summed E-state index contributed by atoms with van der Waals surface area (Å²) in [4.78, 5) is 40.1. The van der Waals surface area contributed by atoms with E-state index in [0.29, 0.717) is 42.5 Å². The minimum atomic E-state index is -0.870. The summed E-state index contributed by atoms with van der Waals surface area (Å²) in [6.07, 6.45) is 3.01. The Morgan fingerprint density at radius 2 is 1.85 bits per heavy atom. The number of hydrogen-bond acceptors (Lipinski definition) is 6. The van der Waals surface area contributed by atoms with Gasteiger partial charge in [0.1, 0.15) is 23.5 Å². The fourth-order valence-electron chi connectivity index (χ4n) is 4.31. The first-order valence-corrected chi connectivity index (χ1v) is 13.4. The number of carbonyl (C=O) groups is 3. The summed E-state index contributed by atoms with van der Waals surface area (Å²) >= 11 is 6.18. The lowest BCUT2D eigenvalue weighted by atomic mass is 10.0. The Balaban J connectivity index is 1.64. The van der Waals surface area contributed by atoms with Crippen molar-refractivity contribution in [2.24, 2.45) is 5.92 Å². The van der Waals surface area contributed by atoms with Gasteiger partial charge in [-0.25, -0.2) is 0 Å². The first-order valence-electron chi connectivity index (χ1n) is 13.0. The van der Waals surface area contributed by atoms with Crippen molar-refractivity contribution in [1.29, 1.82) is 0 Å². The van der Waals surface area contributed by atoms with Crippen molar-refractivity contribution in [3.05, 3.63) is 76.6 Å². The van der Waals surface area contributed by atoms with Gasteiger partial charge in [-0.2, -0.15) is 0 Å². The zero-order chi connectivity index (χ0) is 27.8. The number of hydrogen-bond donors (Lipinski definition) is 3. The van der Waals surface area contributed by atoms with Gasteiger partial charge >= 0.3 is 0 Å². The molecule has 0 aliphatic carbocycles. The predicted octanol–water partition coefficient (Wildman–Crippen LogP) is 2.90. The van der Waals surface area contributed by atoms with E-state index in [0.717, 1.165) is 5.56 Å². The number of ether oxygens (including phenoxy) is 1. The van der Waals surface area contributed by atoms with Crippen molar-refractivity contribution in [3.63, 3.8) is 0 Å². The highest BCUT2D eigenvalue weighted by Crippen LogP contribution is 2.24. The van der Waals surface area contributed by atoms with E-state index in [1.54, 1.807) is 29.1 Å². The molecule has 4 rings (SSSR count). The van der Waals surface area contributed by atoms with E-state index in [4.69, 9.17) is 16.3 Å². The van der Waals surface area contributed by atoms with Crippen LogP contribution in [0.4, 0.5) is 0 Å². The summed E-state index contributed by atoms with van der Waals surface area (Å²) < 4.78 is 7.57. The Morgan fingerprint density at radius 3 is 2.62 bits per heavy atom. The SMILES string of the molecule is CC(C)C[C@H]1NC(=O)c2ccc(Cl)cc2OCCCn2cc(nn2)CNC(=O)[C@@H](Cc2ccccc2)NC1=O. The van der Waals surface area contributed by atoms with E-state index in [9.17, 15) is 14.4 Å². The van der Waals surface area contributed by atoms with Crippen LogP contribution in [0.15, 0.2) is 54.7 Å². The molecule has 0 saturated carbocycles. The summed E-state index contributed by atoms with van der Waals surface area (Å²) in [6.45, 7) is 4.93. The maximum atomic E-state index is 13.5. The molecule has 0 spiro atoms. The smallest absolute Gasteiger partial charge is 0.255 e. The van der Waals surface area contributed by atoms with E-state index >= 15 is 0 Å². The molecule has 206 valence electrons.